The Labute approximate surface area is 241 Å². The van der Waals surface area contributed by atoms with Crippen LogP contribution in [-0.4, -0.2) is 96.9 Å². The van der Waals surface area contributed by atoms with Crippen molar-refractivity contribution in [3.05, 3.63) is 65.7 Å². The van der Waals surface area contributed by atoms with E-state index in [1.165, 1.54) is 10.5 Å². The third-order valence-electron chi connectivity index (χ3n) is 9.82. The fourth-order valence-corrected chi connectivity index (χ4v) is 7.34. The van der Waals surface area contributed by atoms with Crippen LogP contribution in [0.1, 0.15) is 42.7 Å². The van der Waals surface area contributed by atoms with Gasteiger partial charge in [0.1, 0.15) is 5.75 Å². The lowest BCUT2D eigenvalue weighted by Crippen LogP contribution is -2.46. The number of piperidine rings is 1. The molecule has 0 aliphatic carbocycles. The molecule has 4 saturated heterocycles. The summed E-state index contributed by atoms with van der Waals surface area (Å²) in [4.78, 5) is 34.3. The number of likely N-dealkylation sites (tertiary alicyclic amines) is 4. The first-order chi connectivity index (χ1) is 19.7. The maximum atomic E-state index is 13.8. The lowest BCUT2D eigenvalue weighted by molar-refractivity contribution is -0.139. The first kappa shape index (κ1) is 27.9. The minimum Gasteiger partial charge on any atom is -0.497 e. The Morgan fingerprint density at radius 3 is 2.27 bits per heavy atom. The second-order valence-electron chi connectivity index (χ2n) is 12.4. The maximum Gasteiger partial charge on any atom is 0.320 e. The van der Waals surface area contributed by atoms with Crippen LogP contribution in [0.25, 0.3) is 0 Å². The Morgan fingerprint density at radius 1 is 0.902 bits per heavy atom. The van der Waals surface area contributed by atoms with E-state index in [2.05, 4.69) is 17.0 Å². The Hall–Kier alpha value is -3.20. The van der Waals surface area contributed by atoms with Crippen LogP contribution in [0.2, 0.25) is 0 Å². The van der Waals surface area contributed by atoms with Gasteiger partial charge in [0.25, 0.3) is 5.92 Å². The minimum atomic E-state index is -2.79. The summed E-state index contributed by atoms with van der Waals surface area (Å²) in [5.74, 6) is -1.33. The number of amides is 3. The molecule has 4 aliphatic heterocycles. The molecular formula is C32H40F2N4O3. The molecule has 9 heteroatoms. The van der Waals surface area contributed by atoms with Crippen molar-refractivity contribution in [2.24, 2.45) is 11.3 Å². The number of alkyl halides is 2. The van der Waals surface area contributed by atoms with E-state index in [9.17, 15) is 18.4 Å². The molecule has 0 aromatic heterocycles. The molecule has 0 bridgehead atoms. The average Bonchev–Trinajstić information content (AvgIpc) is 3.66. The topological polar surface area (TPSA) is 56.3 Å². The number of hydrogen-bond donors (Lipinski definition) is 0. The standard InChI is InChI=1S/C32H40F2N4O3/c1-41-27-9-7-24(8-10-27)19-36-17-13-31(29(36)39)11-15-35(16-12-31)20-26-21-38(22-28(26)25-5-3-2-4-6-25)30(40)37-18-14-32(33,34)23-37/h2-10,26,28H,11-23H2,1H3. The third kappa shape index (κ3) is 5.78. The van der Waals surface area contributed by atoms with E-state index in [1.54, 1.807) is 12.0 Å². The first-order valence-electron chi connectivity index (χ1n) is 14.9. The Kier molecular flexibility index (Phi) is 7.66. The van der Waals surface area contributed by atoms with Crippen molar-refractivity contribution >= 4 is 11.9 Å². The monoisotopic (exact) mass is 566 g/mol. The normalized spacial score (nSPS) is 25.8. The number of benzene rings is 2. The van der Waals surface area contributed by atoms with Crippen LogP contribution in [0.3, 0.4) is 0 Å². The lowest BCUT2D eigenvalue weighted by Gasteiger charge is -2.39. The van der Waals surface area contributed by atoms with E-state index in [0.29, 0.717) is 19.6 Å². The predicted molar refractivity (Wildman–Crippen MR) is 152 cm³/mol. The molecule has 3 amide bonds. The molecule has 2 unspecified atom stereocenters. The van der Waals surface area contributed by atoms with Crippen LogP contribution < -0.4 is 4.74 Å². The fourth-order valence-electron chi connectivity index (χ4n) is 7.34. The molecule has 220 valence electrons. The predicted octanol–water partition coefficient (Wildman–Crippen LogP) is 4.69. The molecule has 2 aromatic rings. The molecule has 4 heterocycles. The Morgan fingerprint density at radius 2 is 1.61 bits per heavy atom. The molecule has 0 saturated carbocycles. The third-order valence-corrected chi connectivity index (χ3v) is 9.82. The molecule has 0 N–H and O–H groups in total. The van der Waals surface area contributed by atoms with Crippen molar-refractivity contribution in [2.45, 2.75) is 44.1 Å². The van der Waals surface area contributed by atoms with Gasteiger partial charge in [-0.25, -0.2) is 13.6 Å². The number of methoxy groups -OCH3 is 1. The number of carbonyl (C=O) groups excluding carboxylic acids is 2. The lowest BCUT2D eigenvalue weighted by atomic mass is 9.76. The number of carbonyl (C=O) groups is 2. The molecule has 2 aromatic carbocycles. The Balaban J connectivity index is 1.07. The van der Waals surface area contributed by atoms with Crippen LogP contribution in [0, 0.1) is 11.3 Å². The molecule has 4 aliphatic rings. The summed E-state index contributed by atoms with van der Waals surface area (Å²) in [7, 11) is 1.65. The van der Waals surface area contributed by atoms with Gasteiger partial charge in [0, 0.05) is 51.6 Å². The van der Waals surface area contributed by atoms with Gasteiger partial charge in [-0.15, -0.1) is 0 Å². The highest BCUT2D eigenvalue weighted by Gasteiger charge is 2.49. The number of urea groups is 1. The number of hydrogen-bond acceptors (Lipinski definition) is 4. The van der Waals surface area contributed by atoms with Crippen molar-refractivity contribution in [3.63, 3.8) is 0 Å². The first-order valence-corrected chi connectivity index (χ1v) is 14.9. The molecule has 7 nitrogen and oxygen atoms in total. The van der Waals surface area contributed by atoms with Gasteiger partial charge in [-0.1, -0.05) is 42.5 Å². The number of ether oxygens (including phenoxy) is 1. The van der Waals surface area contributed by atoms with E-state index < -0.39 is 12.5 Å². The summed E-state index contributed by atoms with van der Waals surface area (Å²) in [5, 5.41) is 0. The maximum absolute atomic E-state index is 13.8. The van der Waals surface area contributed by atoms with Gasteiger partial charge < -0.3 is 24.3 Å². The quantitative estimate of drug-likeness (QED) is 0.510. The summed E-state index contributed by atoms with van der Waals surface area (Å²) in [6.45, 7) is 4.70. The van der Waals surface area contributed by atoms with Gasteiger partial charge in [-0.3, -0.25) is 4.79 Å². The molecule has 0 radical (unpaired) electrons. The zero-order chi connectivity index (χ0) is 28.6. The van der Waals surface area contributed by atoms with Crippen molar-refractivity contribution in [2.75, 3.05) is 59.5 Å². The second-order valence-corrected chi connectivity index (χ2v) is 12.4. The largest absolute Gasteiger partial charge is 0.497 e. The number of halogens is 2. The summed E-state index contributed by atoms with van der Waals surface area (Å²) < 4.78 is 32.9. The van der Waals surface area contributed by atoms with Gasteiger partial charge in [-0.05, 0) is 61.5 Å². The van der Waals surface area contributed by atoms with E-state index in [4.69, 9.17) is 4.74 Å². The van der Waals surface area contributed by atoms with E-state index in [-0.39, 0.29) is 42.2 Å². The molecule has 4 fully saturated rings. The minimum absolute atomic E-state index is 0.112. The molecular weight excluding hydrogens is 526 g/mol. The van der Waals surface area contributed by atoms with Crippen LogP contribution in [0.5, 0.6) is 5.75 Å². The zero-order valence-corrected chi connectivity index (χ0v) is 23.8. The molecule has 2 atom stereocenters. The van der Waals surface area contributed by atoms with E-state index in [0.717, 1.165) is 56.8 Å². The molecule has 6 rings (SSSR count). The average molecular weight is 567 g/mol. The van der Waals surface area contributed by atoms with E-state index >= 15 is 0 Å². The number of rotatable bonds is 6. The van der Waals surface area contributed by atoms with Gasteiger partial charge in [0.15, 0.2) is 0 Å². The second kappa shape index (κ2) is 11.2. The van der Waals surface area contributed by atoms with Gasteiger partial charge >= 0.3 is 6.03 Å². The highest BCUT2D eigenvalue weighted by molar-refractivity contribution is 5.85. The highest BCUT2D eigenvalue weighted by atomic mass is 19.3. The number of nitrogens with zero attached hydrogens (tertiary/aromatic N) is 4. The smallest absolute Gasteiger partial charge is 0.320 e. The van der Waals surface area contributed by atoms with Crippen molar-refractivity contribution in [1.29, 1.82) is 0 Å². The molecule has 41 heavy (non-hydrogen) atoms. The van der Waals surface area contributed by atoms with Gasteiger partial charge in [0.2, 0.25) is 5.91 Å². The van der Waals surface area contributed by atoms with Gasteiger partial charge in [0.05, 0.1) is 19.1 Å². The Bertz CT molecular complexity index is 1230. The zero-order valence-electron chi connectivity index (χ0n) is 23.8. The fraction of sp³-hybridized carbons (Fsp3) is 0.562. The van der Waals surface area contributed by atoms with Crippen molar-refractivity contribution in [3.8, 4) is 5.75 Å². The summed E-state index contributed by atoms with van der Waals surface area (Å²) in [6.07, 6.45) is 2.33. The van der Waals surface area contributed by atoms with Crippen molar-refractivity contribution in [1.82, 2.24) is 19.6 Å². The summed E-state index contributed by atoms with van der Waals surface area (Å²) in [6, 6.07) is 17.9. The van der Waals surface area contributed by atoms with Crippen LogP contribution in [-0.2, 0) is 11.3 Å². The summed E-state index contributed by atoms with van der Waals surface area (Å²) >= 11 is 0. The van der Waals surface area contributed by atoms with Crippen molar-refractivity contribution < 1.29 is 23.1 Å². The van der Waals surface area contributed by atoms with Gasteiger partial charge in [-0.2, -0.15) is 0 Å². The summed E-state index contributed by atoms with van der Waals surface area (Å²) in [5.41, 5.74) is 2.02. The molecule has 1 spiro atoms. The van der Waals surface area contributed by atoms with E-state index in [1.807, 2.05) is 47.4 Å². The van der Waals surface area contributed by atoms with Crippen LogP contribution in [0.4, 0.5) is 13.6 Å². The van der Waals surface area contributed by atoms with Crippen LogP contribution in [0.15, 0.2) is 54.6 Å². The highest BCUT2D eigenvalue weighted by Crippen LogP contribution is 2.43. The SMILES string of the molecule is COc1ccc(CN2CCC3(CCN(CC4CN(C(=O)N5CCC(F)(F)C5)CC4c4ccccc4)CC3)C2=O)cc1. The van der Waals surface area contributed by atoms with Crippen LogP contribution >= 0.6 is 0 Å².